The Bertz CT molecular complexity index is 834. The van der Waals surface area contributed by atoms with E-state index in [9.17, 15) is 9.59 Å². The number of likely N-dealkylation sites (tertiary alicyclic amines) is 1. The molecule has 0 spiro atoms. The predicted molar refractivity (Wildman–Crippen MR) is 88.0 cm³/mol. The van der Waals surface area contributed by atoms with Crippen molar-refractivity contribution in [2.45, 2.75) is 25.5 Å². The van der Waals surface area contributed by atoms with E-state index in [4.69, 9.17) is 9.47 Å². The number of halogens is 1. The SMILES string of the molecule is CCOC(=O)c1cc(Br)c2ncc(C(=O)N3C[C@@H]4C[C@H]3CO4)n2c1. The van der Waals surface area contributed by atoms with Gasteiger partial charge < -0.3 is 14.4 Å². The maximum absolute atomic E-state index is 12.9. The molecule has 0 unspecified atom stereocenters. The molecule has 2 aliphatic heterocycles. The molecule has 2 bridgehead atoms. The van der Waals surface area contributed by atoms with Gasteiger partial charge in [-0.1, -0.05) is 0 Å². The minimum Gasteiger partial charge on any atom is -0.462 e. The van der Waals surface area contributed by atoms with E-state index < -0.39 is 5.97 Å². The predicted octanol–water partition coefficient (Wildman–Crippen LogP) is 1.89. The molecule has 0 saturated carbocycles. The molecule has 0 aliphatic carbocycles. The van der Waals surface area contributed by atoms with Gasteiger partial charge in [0.05, 0.1) is 41.6 Å². The number of carbonyl (C=O) groups is 2. The van der Waals surface area contributed by atoms with E-state index in [0.29, 0.717) is 41.1 Å². The molecule has 0 N–H and O–H groups in total. The molecular formula is C16H16BrN3O4. The summed E-state index contributed by atoms with van der Waals surface area (Å²) in [5.74, 6) is -0.521. The maximum Gasteiger partial charge on any atom is 0.339 e. The molecule has 2 aromatic rings. The van der Waals surface area contributed by atoms with Gasteiger partial charge in [0, 0.05) is 12.7 Å². The van der Waals surface area contributed by atoms with Crippen LogP contribution in [0.2, 0.25) is 0 Å². The Morgan fingerprint density at radius 1 is 1.50 bits per heavy atom. The fourth-order valence-corrected chi connectivity index (χ4v) is 3.87. The number of fused-ring (bicyclic) bond motifs is 3. The third-order valence-corrected chi connectivity index (χ3v) is 5.04. The molecule has 1 amide bonds. The largest absolute Gasteiger partial charge is 0.462 e. The molecule has 4 rings (SSSR count). The first kappa shape index (κ1) is 15.6. The van der Waals surface area contributed by atoms with Crippen molar-refractivity contribution in [2.75, 3.05) is 19.8 Å². The summed E-state index contributed by atoms with van der Waals surface area (Å²) in [6, 6.07) is 1.78. The van der Waals surface area contributed by atoms with E-state index >= 15 is 0 Å². The zero-order chi connectivity index (χ0) is 16.8. The summed E-state index contributed by atoms with van der Waals surface area (Å²) in [6.45, 7) is 3.24. The van der Waals surface area contributed by atoms with Crippen molar-refractivity contribution in [2.24, 2.45) is 0 Å². The molecule has 0 aromatic carbocycles. The summed E-state index contributed by atoms with van der Waals surface area (Å²) in [6.07, 6.45) is 4.17. The molecule has 126 valence electrons. The first-order valence-corrected chi connectivity index (χ1v) is 8.64. The van der Waals surface area contributed by atoms with E-state index in [0.717, 1.165) is 6.42 Å². The number of morpholine rings is 1. The van der Waals surface area contributed by atoms with Gasteiger partial charge >= 0.3 is 5.97 Å². The molecule has 2 aromatic heterocycles. The van der Waals surface area contributed by atoms with E-state index in [2.05, 4.69) is 20.9 Å². The number of esters is 1. The van der Waals surface area contributed by atoms with Crippen molar-refractivity contribution in [1.29, 1.82) is 0 Å². The Kier molecular flexibility index (Phi) is 3.80. The minimum atomic E-state index is -0.430. The molecule has 8 heteroatoms. The normalized spacial score (nSPS) is 22.3. The summed E-state index contributed by atoms with van der Waals surface area (Å²) in [7, 11) is 0. The number of hydrogen-bond donors (Lipinski definition) is 0. The van der Waals surface area contributed by atoms with Crippen LogP contribution >= 0.6 is 15.9 Å². The highest BCUT2D eigenvalue weighted by molar-refractivity contribution is 9.10. The second kappa shape index (κ2) is 5.86. The minimum absolute atomic E-state index is 0.0915. The van der Waals surface area contributed by atoms with Gasteiger partial charge in [0.25, 0.3) is 5.91 Å². The van der Waals surface area contributed by atoms with Crippen LogP contribution < -0.4 is 0 Å². The molecule has 2 saturated heterocycles. The maximum atomic E-state index is 12.9. The first-order valence-electron chi connectivity index (χ1n) is 7.84. The van der Waals surface area contributed by atoms with Gasteiger partial charge in [-0.25, -0.2) is 9.78 Å². The second-order valence-electron chi connectivity index (χ2n) is 5.94. The molecule has 4 heterocycles. The lowest BCUT2D eigenvalue weighted by molar-refractivity contribution is 0.0255. The summed E-state index contributed by atoms with van der Waals surface area (Å²) < 4.78 is 12.9. The van der Waals surface area contributed by atoms with Gasteiger partial charge in [0.2, 0.25) is 0 Å². The molecule has 0 radical (unpaired) electrons. The highest BCUT2D eigenvalue weighted by Crippen LogP contribution is 2.30. The number of pyridine rings is 1. The van der Waals surface area contributed by atoms with Crippen molar-refractivity contribution in [3.63, 3.8) is 0 Å². The lowest BCUT2D eigenvalue weighted by Gasteiger charge is -2.26. The Morgan fingerprint density at radius 3 is 3.00 bits per heavy atom. The Morgan fingerprint density at radius 2 is 2.33 bits per heavy atom. The van der Waals surface area contributed by atoms with Crippen molar-refractivity contribution in [3.8, 4) is 0 Å². The van der Waals surface area contributed by atoms with Crippen LogP contribution in [0.1, 0.15) is 34.2 Å². The monoisotopic (exact) mass is 393 g/mol. The van der Waals surface area contributed by atoms with Gasteiger partial charge in [0.15, 0.2) is 5.65 Å². The van der Waals surface area contributed by atoms with Gasteiger partial charge in [-0.05, 0) is 35.3 Å². The summed E-state index contributed by atoms with van der Waals surface area (Å²) in [5.41, 5.74) is 1.39. The molecule has 2 aliphatic rings. The standard InChI is InChI=1S/C16H16BrN3O4/c1-2-23-16(22)9-3-12(17)14-18-5-13(20(14)6-9)15(21)19-7-11-4-10(19)8-24-11/h3,5-6,10-11H,2,4,7-8H2,1H3/t10-,11-/m0/s1. The smallest absolute Gasteiger partial charge is 0.339 e. The van der Waals surface area contributed by atoms with Gasteiger partial charge in [-0.2, -0.15) is 0 Å². The van der Waals surface area contributed by atoms with Crippen LogP contribution in [-0.4, -0.2) is 58.1 Å². The lowest BCUT2D eigenvalue weighted by Crippen LogP contribution is -2.41. The van der Waals surface area contributed by atoms with Crippen molar-refractivity contribution >= 4 is 33.5 Å². The summed E-state index contributed by atoms with van der Waals surface area (Å²) in [5, 5.41) is 0. The fraction of sp³-hybridized carbons (Fsp3) is 0.438. The molecule has 7 nitrogen and oxygen atoms in total. The fourth-order valence-electron chi connectivity index (χ4n) is 3.33. The van der Waals surface area contributed by atoms with Crippen LogP contribution in [0.5, 0.6) is 0 Å². The zero-order valence-electron chi connectivity index (χ0n) is 13.1. The number of ether oxygens (including phenoxy) is 2. The topological polar surface area (TPSA) is 73.1 Å². The molecule has 2 fully saturated rings. The van der Waals surface area contributed by atoms with Crippen LogP contribution in [0.15, 0.2) is 22.9 Å². The van der Waals surface area contributed by atoms with Crippen LogP contribution in [0.3, 0.4) is 0 Å². The summed E-state index contributed by atoms with van der Waals surface area (Å²) >= 11 is 3.41. The Hall–Kier alpha value is -1.93. The van der Waals surface area contributed by atoms with Crippen LogP contribution in [-0.2, 0) is 9.47 Å². The van der Waals surface area contributed by atoms with E-state index in [1.807, 2.05) is 4.90 Å². The van der Waals surface area contributed by atoms with Crippen LogP contribution in [0.4, 0.5) is 0 Å². The van der Waals surface area contributed by atoms with E-state index in [1.54, 1.807) is 29.8 Å². The first-order chi connectivity index (χ1) is 11.6. The average molecular weight is 394 g/mol. The second-order valence-corrected chi connectivity index (χ2v) is 6.79. The Balaban J connectivity index is 1.73. The van der Waals surface area contributed by atoms with Gasteiger partial charge in [-0.3, -0.25) is 9.20 Å². The van der Waals surface area contributed by atoms with E-state index in [-0.39, 0.29) is 18.1 Å². The number of carbonyl (C=O) groups excluding carboxylic acids is 2. The number of aromatic nitrogens is 2. The third kappa shape index (κ3) is 2.41. The van der Waals surface area contributed by atoms with Gasteiger partial charge in [0.1, 0.15) is 5.69 Å². The van der Waals surface area contributed by atoms with Crippen molar-refractivity contribution in [3.05, 3.63) is 34.2 Å². The average Bonchev–Trinajstić information content (AvgIpc) is 3.29. The molecular weight excluding hydrogens is 378 g/mol. The lowest BCUT2D eigenvalue weighted by atomic mass is 10.2. The number of amides is 1. The number of rotatable bonds is 3. The number of nitrogens with zero attached hydrogens (tertiary/aromatic N) is 3. The van der Waals surface area contributed by atoms with E-state index in [1.165, 1.54) is 0 Å². The van der Waals surface area contributed by atoms with Crippen molar-refractivity contribution < 1.29 is 19.1 Å². The highest BCUT2D eigenvalue weighted by atomic mass is 79.9. The number of hydrogen-bond acceptors (Lipinski definition) is 5. The highest BCUT2D eigenvalue weighted by Gasteiger charge is 2.42. The molecule has 24 heavy (non-hydrogen) atoms. The molecule has 2 atom stereocenters. The quantitative estimate of drug-likeness (QED) is 0.744. The van der Waals surface area contributed by atoms with Crippen LogP contribution in [0, 0.1) is 0 Å². The third-order valence-electron chi connectivity index (χ3n) is 4.45. The summed E-state index contributed by atoms with van der Waals surface area (Å²) in [4.78, 5) is 31.1. The van der Waals surface area contributed by atoms with Crippen molar-refractivity contribution in [1.82, 2.24) is 14.3 Å². The van der Waals surface area contributed by atoms with Gasteiger partial charge in [-0.15, -0.1) is 0 Å². The number of imidazole rings is 1. The van der Waals surface area contributed by atoms with Crippen LogP contribution in [0.25, 0.3) is 5.65 Å². The zero-order valence-corrected chi connectivity index (χ0v) is 14.7. The Labute approximate surface area is 146 Å².